The highest BCUT2D eigenvalue weighted by molar-refractivity contribution is 7.87. The number of fused-ring (bicyclic) bond motifs is 2. The predicted octanol–water partition coefficient (Wildman–Crippen LogP) is 0.557. The molecule has 0 aliphatic carbocycles. The van der Waals surface area contributed by atoms with E-state index in [4.69, 9.17) is 5.11 Å². The maximum Gasteiger partial charge on any atom is 0.308 e. The quantitative estimate of drug-likeness (QED) is 0.788. The Bertz CT molecular complexity index is 454. The second-order valence-electron chi connectivity index (χ2n) is 6.17. The first-order valence-electron chi connectivity index (χ1n) is 6.17. The number of nitrogens with zero attached hydrogens (tertiary/aromatic N) is 1. The molecule has 2 fully saturated rings. The lowest BCUT2D eigenvalue weighted by Crippen LogP contribution is -2.51. The molecule has 6 nitrogen and oxygen atoms in total. The first kappa shape index (κ1) is 13.8. The summed E-state index contributed by atoms with van der Waals surface area (Å²) in [6, 6.07) is -0.539. The van der Waals surface area contributed by atoms with Crippen LogP contribution in [0, 0.1) is 5.92 Å². The van der Waals surface area contributed by atoms with Crippen LogP contribution in [0.15, 0.2) is 0 Å². The Hall–Kier alpha value is -0.660. The van der Waals surface area contributed by atoms with Crippen molar-refractivity contribution in [2.24, 2.45) is 5.92 Å². The molecule has 0 saturated carbocycles. The van der Waals surface area contributed by atoms with Gasteiger partial charge in [0.1, 0.15) is 0 Å². The summed E-state index contributed by atoms with van der Waals surface area (Å²) in [5.74, 6) is -1.45. The summed E-state index contributed by atoms with van der Waals surface area (Å²) in [7, 11) is -3.60. The van der Waals surface area contributed by atoms with Crippen molar-refractivity contribution in [3.05, 3.63) is 0 Å². The van der Waals surface area contributed by atoms with Crippen molar-refractivity contribution in [3.63, 3.8) is 0 Å². The number of nitrogens with one attached hydrogen (secondary N) is 1. The fourth-order valence-electron chi connectivity index (χ4n) is 3.02. The smallest absolute Gasteiger partial charge is 0.308 e. The largest absolute Gasteiger partial charge is 0.481 e. The van der Waals surface area contributed by atoms with Crippen LogP contribution < -0.4 is 4.72 Å². The van der Waals surface area contributed by atoms with Crippen molar-refractivity contribution < 1.29 is 18.3 Å². The van der Waals surface area contributed by atoms with E-state index in [9.17, 15) is 13.2 Å². The Labute approximate surface area is 108 Å². The molecule has 2 aliphatic heterocycles. The molecule has 3 atom stereocenters. The minimum absolute atomic E-state index is 0.157. The molecule has 104 valence electrons. The van der Waals surface area contributed by atoms with Crippen LogP contribution in [0.25, 0.3) is 0 Å². The van der Waals surface area contributed by atoms with Crippen LogP contribution in [0.3, 0.4) is 0 Å². The summed E-state index contributed by atoms with van der Waals surface area (Å²) in [6.45, 7) is 5.33. The summed E-state index contributed by atoms with van der Waals surface area (Å²) in [4.78, 5) is 11.1. The van der Waals surface area contributed by atoms with E-state index in [1.807, 2.05) is 0 Å². The van der Waals surface area contributed by atoms with Crippen LogP contribution in [0.2, 0.25) is 0 Å². The van der Waals surface area contributed by atoms with Gasteiger partial charge in [0.05, 0.1) is 5.92 Å². The Morgan fingerprint density at radius 2 is 1.94 bits per heavy atom. The maximum atomic E-state index is 12.3. The van der Waals surface area contributed by atoms with E-state index in [1.165, 1.54) is 4.31 Å². The molecule has 0 radical (unpaired) electrons. The van der Waals surface area contributed by atoms with E-state index in [2.05, 4.69) is 4.72 Å². The highest BCUT2D eigenvalue weighted by Crippen LogP contribution is 2.43. The van der Waals surface area contributed by atoms with Gasteiger partial charge < -0.3 is 5.11 Å². The molecule has 2 saturated heterocycles. The molecule has 2 rings (SSSR count). The van der Waals surface area contributed by atoms with Gasteiger partial charge in [0.25, 0.3) is 10.2 Å². The van der Waals surface area contributed by atoms with E-state index < -0.39 is 27.6 Å². The van der Waals surface area contributed by atoms with E-state index in [-0.39, 0.29) is 12.1 Å². The lowest BCUT2D eigenvalue weighted by molar-refractivity contribution is -0.142. The van der Waals surface area contributed by atoms with Crippen molar-refractivity contribution in [2.45, 2.75) is 57.7 Å². The van der Waals surface area contributed by atoms with Crippen molar-refractivity contribution in [1.82, 2.24) is 9.03 Å². The summed E-state index contributed by atoms with van der Waals surface area (Å²) in [5.41, 5.74) is -0.556. The fourth-order valence-corrected chi connectivity index (χ4v) is 5.09. The van der Waals surface area contributed by atoms with Crippen molar-refractivity contribution >= 4 is 16.2 Å². The molecule has 3 unspecified atom stereocenters. The lowest BCUT2D eigenvalue weighted by Gasteiger charge is -2.28. The third-order valence-corrected chi connectivity index (χ3v) is 5.50. The first-order chi connectivity index (χ1) is 8.12. The maximum absolute atomic E-state index is 12.3. The van der Waals surface area contributed by atoms with Gasteiger partial charge in [-0.25, -0.2) is 0 Å². The molecule has 2 heterocycles. The molecular weight excluding hydrogens is 256 g/mol. The van der Waals surface area contributed by atoms with Crippen LogP contribution in [0.1, 0.15) is 40.0 Å². The van der Waals surface area contributed by atoms with Gasteiger partial charge in [0.2, 0.25) is 0 Å². The molecule has 2 N–H and O–H groups in total. The standard InChI is InChI=1S/C11H20N2O4S/c1-11(2,3)12-18(16,17)13-7-4-5-9(13)8(6-7)10(14)15/h7-9,12H,4-6H2,1-3H3,(H,14,15). The van der Waals surface area contributed by atoms with Gasteiger partial charge in [0.15, 0.2) is 0 Å². The summed E-state index contributed by atoms with van der Waals surface area (Å²) in [5, 5.41) is 9.11. The van der Waals surface area contributed by atoms with Gasteiger partial charge in [-0.2, -0.15) is 17.4 Å². The molecule has 0 aromatic rings. The summed E-state index contributed by atoms with van der Waals surface area (Å²) < 4.78 is 28.6. The van der Waals surface area contributed by atoms with Crippen molar-refractivity contribution in [1.29, 1.82) is 0 Å². The minimum atomic E-state index is -3.60. The molecule has 0 aromatic heterocycles. The van der Waals surface area contributed by atoms with E-state index in [1.54, 1.807) is 20.8 Å². The molecule has 18 heavy (non-hydrogen) atoms. The number of hydrogen-bond donors (Lipinski definition) is 2. The normalized spacial score (nSPS) is 32.9. The van der Waals surface area contributed by atoms with Gasteiger partial charge in [-0.1, -0.05) is 0 Å². The van der Waals surface area contributed by atoms with Crippen LogP contribution >= 0.6 is 0 Å². The second-order valence-corrected chi connectivity index (χ2v) is 7.74. The van der Waals surface area contributed by atoms with E-state index in [0.717, 1.165) is 6.42 Å². The average Bonchev–Trinajstić information content (AvgIpc) is 2.69. The predicted molar refractivity (Wildman–Crippen MR) is 66.2 cm³/mol. The third-order valence-electron chi connectivity index (χ3n) is 3.50. The zero-order valence-corrected chi connectivity index (χ0v) is 11.7. The number of carboxylic acid groups (broad SMARTS) is 1. The zero-order chi connectivity index (χ0) is 13.7. The van der Waals surface area contributed by atoms with E-state index >= 15 is 0 Å². The second kappa shape index (κ2) is 4.18. The Morgan fingerprint density at radius 3 is 2.39 bits per heavy atom. The topological polar surface area (TPSA) is 86.7 Å². The molecule has 7 heteroatoms. The number of rotatable bonds is 3. The van der Waals surface area contributed by atoms with Gasteiger partial charge in [-0.3, -0.25) is 4.79 Å². The van der Waals surface area contributed by atoms with Crippen molar-refractivity contribution in [3.8, 4) is 0 Å². The average molecular weight is 276 g/mol. The number of hydrogen-bond acceptors (Lipinski definition) is 3. The fraction of sp³-hybridized carbons (Fsp3) is 0.909. The highest BCUT2D eigenvalue weighted by atomic mass is 32.2. The third kappa shape index (κ3) is 2.39. The molecule has 0 aromatic carbocycles. The lowest BCUT2D eigenvalue weighted by atomic mass is 9.89. The highest BCUT2D eigenvalue weighted by Gasteiger charge is 2.54. The SMILES string of the molecule is CC(C)(C)NS(=O)(=O)N1C2CCC1C(C(=O)O)C2. The Balaban J connectivity index is 2.23. The Kier molecular flexibility index (Phi) is 3.19. The summed E-state index contributed by atoms with van der Waals surface area (Å²) in [6.07, 6.45) is 1.84. The number of carboxylic acids is 1. The van der Waals surface area contributed by atoms with E-state index in [0.29, 0.717) is 12.8 Å². The van der Waals surface area contributed by atoms with Gasteiger partial charge in [-0.15, -0.1) is 0 Å². The molecule has 2 aliphatic rings. The van der Waals surface area contributed by atoms with Crippen LogP contribution in [0.4, 0.5) is 0 Å². The molecular formula is C11H20N2O4S. The van der Waals surface area contributed by atoms with Gasteiger partial charge in [0, 0.05) is 17.6 Å². The molecule has 0 amide bonds. The van der Waals surface area contributed by atoms with Crippen LogP contribution in [-0.4, -0.2) is 41.4 Å². The number of carbonyl (C=O) groups is 1. The minimum Gasteiger partial charge on any atom is -0.481 e. The van der Waals surface area contributed by atoms with Gasteiger partial charge >= 0.3 is 5.97 Å². The number of aliphatic carboxylic acids is 1. The van der Waals surface area contributed by atoms with Crippen LogP contribution in [-0.2, 0) is 15.0 Å². The Morgan fingerprint density at radius 1 is 1.33 bits per heavy atom. The first-order valence-corrected chi connectivity index (χ1v) is 7.61. The zero-order valence-electron chi connectivity index (χ0n) is 10.9. The molecule has 0 spiro atoms. The monoisotopic (exact) mass is 276 g/mol. The van der Waals surface area contributed by atoms with Crippen LogP contribution in [0.5, 0.6) is 0 Å². The van der Waals surface area contributed by atoms with Crippen molar-refractivity contribution in [2.75, 3.05) is 0 Å². The molecule has 2 bridgehead atoms. The summed E-state index contributed by atoms with van der Waals surface area (Å²) >= 11 is 0. The van der Waals surface area contributed by atoms with Gasteiger partial charge in [-0.05, 0) is 40.0 Å².